The second kappa shape index (κ2) is 6.44. The van der Waals surface area contributed by atoms with E-state index in [0.29, 0.717) is 16.8 Å². The Labute approximate surface area is 105 Å². The van der Waals surface area contributed by atoms with Gasteiger partial charge in [0.1, 0.15) is 13.2 Å². The van der Waals surface area contributed by atoms with Crippen LogP contribution in [0.1, 0.15) is 17.3 Å². The molecule has 1 rings (SSSR count). The van der Waals surface area contributed by atoms with Gasteiger partial charge in [0.05, 0.1) is 5.56 Å². The van der Waals surface area contributed by atoms with Crippen LogP contribution < -0.4 is 5.73 Å². The summed E-state index contributed by atoms with van der Waals surface area (Å²) in [5, 5.41) is 0. The molecule has 0 saturated heterocycles. The van der Waals surface area contributed by atoms with E-state index in [-0.39, 0.29) is 13.2 Å². The Hall–Kier alpha value is -2.30. The highest BCUT2D eigenvalue weighted by atomic mass is 16.6. The lowest BCUT2D eigenvalue weighted by molar-refractivity contribution is -0.140. The number of rotatable bonds is 5. The summed E-state index contributed by atoms with van der Waals surface area (Å²) in [6.07, 6.45) is 0. The highest BCUT2D eigenvalue weighted by Gasteiger charge is 2.07. The molecule has 96 valence electrons. The molecule has 0 aliphatic rings. The van der Waals surface area contributed by atoms with Crippen molar-refractivity contribution in [1.29, 1.82) is 0 Å². The molecule has 0 fully saturated rings. The fraction of sp³-hybridized carbons (Fsp3) is 0.231. The Balaban J connectivity index is 2.32. The average molecular weight is 249 g/mol. The molecule has 0 radical (unpaired) electrons. The van der Waals surface area contributed by atoms with E-state index in [4.69, 9.17) is 15.2 Å². The minimum Gasteiger partial charge on any atom is -0.459 e. The normalized spacial score (nSPS) is 9.61. The fourth-order valence-corrected chi connectivity index (χ4v) is 1.09. The molecule has 1 aromatic carbocycles. The zero-order valence-electron chi connectivity index (χ0n) is 10.1. The molecule has 5 nitrogen and oxygen atoms in total. The molecular formula is C13H15NO4. The number of anilines is 1. The molecule has 0 aromatic heterocycles. The van der Waals surface area contributed by atoms with Gasteiger partial charge in [-0.2, -0.15) is 0 Å². The number of benzene rings is 1. The van der Waals surface area contributed by atoms with Crippen LogP contribution in [-0.4, -0.2) is 25.2 Å². The van der Waals surface area contributed by atoms with Gasteiger partial charge in [0.2, 0.25) is 0 Å². The maximum atomic E-state index is 11.5. The van der Waals surface area contributed by atoms with Gasteiger partial charge < -0.3 is 15.2 Å². The third-order valence-electron chi connectivity index (χ3n) is 2.04. The van der Waals surface area contributed by atoms with Gasteiger partial charge in [-0.25, -0.2) is 9.59 Å². The van der Waals surface area contributed by atoms with Crippen molar-refractivity contribution in [3.05, 3.63) is 42.0 Å². The number of nitrogens with two attached hydrogens (primary N) is 1. The quantitative estimate of drug-likeness (QED) is 0.370. The van der Waals surface area contributed by atoms with Crippen molar-refractivity contribution in [2.75, 3.05) is 18.9 Å². The van der Waals surface area contributed by atoms with Crippen molar-refractivity contribution >= 4 is 17.6 Å². The number of nitrogen functional groups attached to an aromatic ring is 1. The van der Waals surface area contributed by atoms with Gasteiger partial charge in [-0.3, -0.25) is 0 Å². The first-order chi connectivity index (χ1) is 8.50. The Morgan fingerprint density at radius 1 is 1.17 bits per heavy atom. The van der Waals surface area contributed by atoms with Gasteiger partial charge in [-0.05, 0) is 31.2 Å². The fourth-order valence-electron chi connectivity index (χ4n) is 1.09. The first-order valence-electron chi connectivity index (χ1n) is 5.36. The second-order valence-corrected chi connectivity index (χ2v) is 3.67. The van der Waals surface area contributed by atoms with Gasteiger partial charge in [0.15, 0.2) is 0 Å². The largest absolute Gasteiger partial charge is 0.459 e. The summed E-state index contributed by atoms with van der Waals surface area (Å²) >= 11 is 0. The maximum Gasteiger partial charge on any atom is 0.338 e. The lowest BCUT2D eigenvalue weighted by Crippen LogP contribution is -2.14. The number of esters is 2. The lowest BCUT2D eigenvalue weighted by atomic mass is 10.2. The standard InChI is InChI=1S/C13H15NO4/c1-9(2)12(15)17-7-8-18-13(16)10-3-5-11(14)6-4-10/h3-6H,1,7-8,14H2,2H3. The van der Waals surface area contributed by atoms with Crippen molar-refractivity contribution in [2.45, 2.75) is 6.92 Å². The molecule has 0 bridgehead atoms. The highest BCUT2D eigenvalue weighted by molar-refractivity contribution is 5.89. The molecular weight excluding hydrogens is 234 g/mol. The number of carbonyl (C=O) groups excluding carboxylic acids is 2. The minimum atomic E-state index is -0.501. The van der Waals surface area contributed by atoms with Crippen molar-refractivity contribution in [3.8, 4) is 0 Å². The first kappa shape index (κ1) is 13.8. The molecule has 0 aliphatic carbocycles. The Morgan fingerprint density at radius 3 is 2.28 bits per heavy atom. The number of hydrogen-bond acceptors (Lipinski definition) is 5. The molecule has 0 unspecified atom stereocenters. The van der Waals surface area contributed by atoms with Gasteiger partial charge in [-0.1, -0.05) is 6.58 Å². The van der Waals surface area contributed by atoms with E-state index in [1.807, 2.05) is 0 Å². The van der Waals surface area contributed by atoms with Crippen LogP contribution in [0.2, 0.25) is 0 Å². The topological polar surface area (TPSA) is 78.6 Å². The highest BCUT2D eigenvalue weighted by Crippen LogP contribution is 2.06. The molecule has 2 N–H and O–H groups in total. The molecule has 0 spiro atoms. The molecule has 0 heterocycles. The van der Waals surface area contributed by atoms with Crippen LogP contribution in [0.25, 0.3) is 0 Å². The van der Waals surface area contributed by atoms with Crippen LogP contribution in [0.4, 0.5) is 5.69 Å². The molecule has 18 heavy (non-hydrogen) atoms. The van der Waals surface area contributed by atoms with Crippen LogP contribution in [0.3, 0.4) is 0 Å². The molecule has 0 amide bonds. The summed E-state index contributed by atoms with van der Waals surface area (Å²) in [7, 11) is 0. The Morgan fingerprint density at radius 2 is 1.72 bits per heavy atom. The predicted octanol–water partition coefficient (Wildman–Crippen LogP) is 1.54. The van der Waals surface area contributed by atoms with Crippen molar-refractivity contribution in [1.82, 2.24) is 0 Å². The maximum absolute atomic E-state index is 11.5. The van der Waals surface area contributed by atoms with E-state index >= 15 is 0 Å². The van der Waals surface area contributed by atoms with Crippen LogP contribution >= 0.6 is 0 Å². The van der Waals surface area contributed by atoms with Gasteiger partial charge in [0.25, 0.3) is 0 Å². The van der Waals surface area contributed by atoms with E-state index in [2.05, 4.69) is 6.58 Å². The number of ether oxygens (including phenoxy) is 2. The van der Waals surface area contributed by atoms with E-state index in [0.717, 1.165) is 0 Å². The molecule has 0 atom stereocenters. The van der Waals surface area contributed by atoms with Crippen molar-refractivity contribution in [3.63, 3.8) is 0 Å². The van der Waals surface area contributed by atoms with E-state index in [9.17, 15) is 9.59 Å². The van der Waals surface area contributed by atoms with Crippen LogP contribution in [0.15, 0.2) is 36.4 Å². The monoisotopic (exact) mass is 249 g/mol. The summed E-state index contributed by atoms with van der Waals surface area (Å²) in [6, 6.07) is 6.35. The summed E-state index contributed by atoms with van der Waals surface area (Å²) in [4.78, 5) is 22.5. The minimum absolute atomic E-state index is 0.00221. The van der Waals surface area contributed by atoms with Gasteiger partial charge in [-0.15, -0.1) is 0 Å². The SMILES string of the molecule is C=C(C)C(=O)OCCOC(=O)c1ccc(N)cc1. The predicted molar refractivity (Wildman–Crippen MR) is 66.9 cm³/mol. The molecule has 5 heteroatoms. The Bertz CT molecular complexity index is 451. The lowest BCUT2D eigenvalue weighted by Gasteiger charge is -2.06. The Kier molecular flexibility index (Phi) is 4.92. The zero-order valence-corrected chi connectivity index (χ0v) is 10.1. The van der Waals surface area contributed by atoms with Gasteiger partial charge in [0, 0.05) is 11.3 Å². The van der Waals surface area contributed by atoms with Crippen LogP contribution in [0, 0.1) is 0 Å². The van der Waals surface area contributed by atoms with E-state index in [1.165, 1.54) is 0 Å². The summed E-state index contributed by atoms with van der Waals surface area (Å²) in [5.74, 6) is -0.986. The first-order valence-corrected chi connectivity index (χ1v) is 5.36. The molecule has 0 aliphatic heterocycles. The third-order valence-corrected chi connectivity index (χ3v) is 2.04. The van der Waals surface area contributed by atoms with Crippen molar-refractivity contribution in [2.24, 2.45) is 0 Å². The van der Waals surface area contributed by atoms with Crippen LogP contribution in [-0.2, 0) is 14.3 Å². The third kappa shape index (κ3) is 4.29. The van der Waals surface area contributed by atoms with Gasteiger partial charge >= 0.3 is 11.9 Å². The smallest absolute Gasteiger partial charge is 0.338 e. The average Bonchev–Trinajstić information content (AvgIpc) is 2.34. The van der Waals surface area contributed by atoms with E-state index < -0.39 is 11.9 Å². The summed E-state index contributed by atoms with van der Waals surface area (Å²) < 4.78 is 9.68. The second-order valence-electron chi connectivity index (χ2n) is 3.67. The summed E-state index contributed by atoms with van der Waals surface area (Å²) in [6.45, 7) is 4.98. The van der Waals surface area contributed by atoms with Crippen molar-refractivity contribution < 1.29 is 19.1 Å². The molecule has 1 aromatic rings. The van der Waals surface area contributed by atoms with Crippen LogP contribution in [0.5, 0.6) is 0 Å². The zero-order chi connectivity index (χ0) is 13.5. The number of carbonyl (C=O) groups is 2. The number of hydrogen-bond donors (Lipinski definition) is 1. The molecule has 0 saturated carbocycles. The van der Waals surface area contributed by atoms with E-state index in [1.54, 1.807) is 31.2 Å². The summed E-state index contributed by atoms with van der Waals surface area (Å²) in [5.41, 5.74) is 6.77.